The van der Waals surface area contributed by atoms with Gasteiger partial charge in [-0.05, 0) is 42.4 Å². The van der Waals surface area contributed by atoms with Gasteiger partial charge in [0.1, 0.15) is 0 Å². The molecule has 0 radical (unpaired) electrons. The number of rotatable bonds is 6. The fourth-order valence-electron chi connectivity index (χ4n) is 2.31. The van der Waals surface area contributed by atoms with E-state index in [-0.39, 0.29) is 0 Å². The highest BCUT2D eigenvalue weighted by atomic mass is 32.2. The summed E-state index contributed by atoms with van der Waals surface area (Å²) in [6.07, 6.45) is 0. The summed E-state index contributed by atoms with van der Waals surface area (Å²) < 4.78 is 27.2. The second kappa shape index (κ2) is 6.53. The highest BCUT2D eigenvalue weighted by molar-refractivity contribution is 7.89. The van der Waals surface area contributed by atoms with Crippen LogP contribution in [0, 0.1) is 24.7 Å². The van der Waals surface area contributed by atoms with Gasteiger partial charge in [0.05, 0.1) is 4.90 Å². The van der Waals surface area contributed by atoms with Crippen molar-refractivity contribution in [3.05, 3.63) is 29.8 Å². The van der Waals surface area contributed by atoms with Crippen molar-refractivity contribution in [2.75, 3.05) is 6.54 Å². The van der Waals surface area contributed by atoms with E-state index >= 15 is 0 Å². The Hall–Kier alpha value is -0.870. The number of hydrogen-bond donors (Lipinski definition) is 1. The van der Waals surface area contributed by atoms with E-state index in [0.717, 1.165) is 5.56 Å². The van der Waals surface area contributed by atoms with Crippen LogP contribution in [0.15, 0.2) is 29.2 Å². The predicted molar refractivity (Wildman–Crippen MR) is 79.5 cm³/mol. The maximum absolute atomic E-state index is 12.2. The zero-order valence-electron chi connectivity index (χ0n) is 12.5. The molecule has 1 N–H and O–H groups in total. The zero-order valence-corrected chi connectivity index (χ0v) is 13.3. The molecule has 19 heavy (non-hydrogen) atoms. The number of nitrogens with one attached hydrogen (secondary N) is 1. The van der Waals surface area contributed by atoms with Crippen LogP contribution < -0.4 is 4.72 Å². The van der Waals surface area contributed by atoms with E-state index < -0.39 is 10.0 Å². The minimum absolute atomic E-state index is 0.346. The molecule has 1 aromatic carbocycles. The van der Waals surface area contributed by atoms with Crippen molar-refractivity contribution >= 4 is 10.0 Å². The Morgan fingerprint density at radius 3 is 2.16 bits per heavy atom. The fraction of sp³-hybridized carbons (Fsp3) is 0.600. The van der Waals surface area contributed by atoms with E-state index in [0.29, 0.717) is 29.2 Å². The zero-order chi connectivity index (χ0) is 14.6. The Morgan fingerprint density at radius 1 is 1.11 bits per heavy atom. The van der Waals surface area contributed by atoms with Crippen molar-refractivity contribution in [2.45, 2.75) is 39.5 Å². The Balaban J connectivity index is 2.81. The third kappa shape index (κ3) is 4.62. The summed E-state index contributed by atoms with van der Waals surface area (Å²) in [5, 5.41) is 0. The van der Waals surface area contributed by atoms with E-state index in [1.54, 1.807) is 18.2 Å². The van der Waals surface area contributed by atoms with Gasteiger partial charge in [-0.1, -0.05) is 39.8 Å². The standard InChI is InChI=1S/C15H25NO2S/c1-11(2)15(12(3)4)10-16-19(17,18)14-8-6-7-13(5)9-14/h6-9,11-12,15-16H,10H2,1-5H3. The van der Waals surface area contributed by atoms with Crippen molar-refractivity contribution in [3.8, 4) is 0 Å². The molecular weight excluding hydrogens is 258 g/mol. The lowest BCUT2D eigenvalue weighted by Gasteiger charge is -2.25. The lowest BCUT2D eigenvalue weighted by atomic mass is 9.86. The van der Waals surface area contributed by atoms with E-state index in [9.17, 15) is 8.42 Å². The first kappa shape index (κ1) is 16.2. The van der Waals surface area contributed by atoms with Crippen molar-refractivity contribution in [2.24, 2.45) is 17.8 Å². The number of sulfonamides is 1. The third-order valence-corrected chi connectivity index (χ3v) is 4.94. The summed E-state index contributed by atoms with van der Waals surface area (Å²) in [4.78, 5) is 0.346. The van der Waals surface area contributed by atoms with Crippen LogP contribution in [0.1, 0.15) is 33.3 Å². The first-order valence-electron chi connectivity index (χ1n) is 6.80. The Labute approximate surface area is 117 Å². The molecule has 0 unspecified atom stereocenters. The normalized spacial score (nSPS) is 12.6. The van der Waals surface area contributed by atoms with Crippen LogP contribution in [0.2, 0.25) is 0 Å². The summed E-state index contributed by atoms with van der Waals surface area (Å²) in [5.41, 5.74) is 0.951. The average Bonchev–Trinajstić information content (AvgIpc) is 2.28. The van der Waals surface area contributed by atoms with Crippen LogP contribution in [0.3, 0.4) is 0 Å². The van der Waals surface area contributed by atoms with Gasteiger partial charge in [0.2, 0.25) is 10.0 Å². The summed E-state index contributed by atoms with van der Waals surface area (Å²) in [6, 6.07) is 6.99. The van der Waals surface area contributed by atoms with Crippen molar-refractivity contribution in [1.82, 2.24) is 4.72 Å². The van der Waals surface area contributed by atoms with Crippen LogP contribution in [-0.4, -0.2) is 15.0 Å². The van der Waals surface area contributed by atoms with Crippen LogP contribution in [0.4, 0.5) is 0 Å². The molecule has 0 aliphatic rings. The van der Waals surface area contributed by atoms with Gasteiger partial charge in [0.15, 0.2) is 0 Å². The molecule has 0 saturated carbocycles. The minimum atomic E-state index is -3.39. The Kier molecular flexibility index (Phi) is 5.56. The van der Waals surface area contributed by atoms with Gasteiger partial charge < -0.3 is 0 Å². The van der Waals surface area contributed by atoms with Crippen molar-refractivity contribution < 1.29 is 8.42 Å². The summed E-state index contributed by atoms with van der Waals surface area (Å²) in [6.45, 7) is 10.9. The fourth-order valence-corrected chi connectivity index (χ4v) is 3.49. The minimum Gasteiger partial charge on any atom is -0.211 e. The highest BCUT2D eigenvalue weighted by Crippen LogP contribution is 2.20. The van der Waals surface area contributed by atoms with Gasteiger partial charge in [-0.25, -0.2) is 13.1 Å². The Morgan fingerprint density at radius 2 is 1.68 bits per heavy atom. The topological polar surface area (TPSA) is 46.2 Å². The predicted octanol–water partition coefficient (Wildman–Crippen LogP) is 3.20. The molecule has 1 aromatic rings. The molecule has 0 saturated heterocycles. The molecule has 0 fully saturated rings. The highest BCUT2D eigenvalue weighted by Gasteiger charge is 2.21. The quantitative estimate of drug-likeness (QED) is 0.871. The van der Waals surface area contributed by atoms with Crippen molar-refractivity contribution in [1.29, 1.82) is 0 Å². The van der Waals surface area contributed by atoms with E-state index in [1.165, 1.54) is 0 Å². The molecule has 0 aliphatic heterocycles. The smallest absolute Gasteiger partial charge is 0.211 e. The monoisotopic (exact) mass is 283 g/mol. The maximum Gasteiger partial charge on any atom is 0.240 e. The molecule has 3 nitrogen and oxygen atoms in total. The molecule has 0 aromatic heterocycles. The van der Waals surface area contributed by atoms with Crippen LogP contribution in [0.5, 0.6) is 0 Å². The molecule has 108 valence electrons. The lowest BCUT2D eigenvalue weighted by molar-refractivity contribution is 0.289. The van der Waals surface area contributed by atoms with Gasteiger partial charge in [-0.2, -0.15) is 0 Å². The summed E-state index contributed by atoms with van der Waals surface area (Å²) in [7, 11) is -3.39. The van der Waals surface area contributed by atoms with Crippen LogP contribution >= 0.6 is 0 Å². The summed E-state index contributed by atoms with van der Waals surface area (Å²) >= 11 is 0. The number of benzene rings is 1. The molecule has 0 heterocycles. The first-order chi connectivity index (χ1) is 8.74. The van der Waals surface area contributed by atoms with E-state index in [4.69, 9.17) is 0 Å². The van der Waals surface area contributed by atoms with Gasteiger partial charge in [-0.15, -0.1) is 0 Å². The lowest BCUT2D eigenvalue weighted by Crippen LogP contribution is -2.34. The molecule has 1 rings (SSSR count). The van der Waals surface area contributed by atoms with Crippen LogP contribution in [0.25, 0.3) is 0 Å². The SMILES string of the molecule is Cc1cccc(S(=O)(=O)NCC(C(C)C)C(C)C)c1. The van der Waals surface area contributed by atoms with Crippen LogP contribution in [-0.2, 0) is 10.0 Å². The molecule has 0 bridgehead atoms. The van der Waals surface area contributed by atoms with Gasteiger partial charge >= 0.3 is 0 Å². The number of hydrogen-bond acceptors (Lipinski definition) is 2. The number of aryl methyl sites for hydroxylation is 1. The maximum atomic E-state index is 12.2. The van der Waals surface area contributed by atoms with Crippen molar-refractivity contribution in [3.63, 3.8) is 0 Å². The molecular formula is C15H25NO2S. The molecule has 0 amide bonds. The molecule has 0 atom stereocenters. The molecule has 0 aliphatic carbocycles. The largest absolute Gasteiger partial charge is 0.240 e. The summed E-state index contributed by atoms with van der Waals surface area (Å²) in [5.74, 6) is 1.26. The van der Waals surface area contributed by atoms with E-state index in [1.807, 2.05) is 13.0 Å². The average molecular weight is 283 g/mol. The van der Waals surface area contributed by atoms with Gasteiger partial charge in [-0.3, -0.25) is 0 Å². The first-order valence-corrected chi connectivity index (χ1v) is 8.28. The molecule has 4 heteroatoms. The molecule has 0 spiro atoms. The second-order valence-electron chi connectivity index (χ2n) is 5.82. The van der Waals surface area contributed by atoms with E-state index in [2.05, 4.69) is 32.4 Å². The van der Waals surface area contributed by atoms with Gasteiger partial charge in [0.25, 0.3) is 0 Å². The second-order valence-corrected chi connectivity index (χ2v) is 7.59. The Bertz CT molecular complexity index is 499. The third-order valence-electron chi connectivity index (χ3n) is 3.52. The van der Waals surface area contributed by atoms with Gasteiger partial charge in [0, 0.05) is 6.54 Å².